The van der Waals surface area contributed by atoms with Crippen molar-refractivity contribution in [3.8, 4) is 0 Å². The lowest BCUT2D eigenvalue weighted by Gasteiger charge is -2.59. The van der Waals surface area contributed by atoms with Crippen LogP contribution in [0.4, 0.5) is 0 Å². The lowest BCUT2D eigenvalue weighted by atomic mass is 9.46. The third-order valence-electron chi connectivity index (χ3n) is 5.30. The quantitative estimate of drug-likeness (QED) is 0.657. The van der Waals surface area contributed by atoms with Gasteiger partial charge < -0.3 is 5.73 Å². The maximum absolute atomic E-state index is 5.97. The maximum atomic E-state index is 5.97. The number of rotatable bonds is 1. The molecule has 0 aromatic heterocycles. The average Bonchev–Trinajstić information content (AvgIpc) is 2.13. The van der Waals surface area contributed by atoms with Gasteiger partial charge in [0.25, 0.3) is 0 Å². The van der Waals surface area contributed by atoms with Gasteiger partial charge in [-0.25, -0.2) is 0 Å². The van der Waals surface area contributed by atoms with Gasteiger partial charge in [0.1, 0.15) is 0 Å². The second-order valence-electron chi connectivity index (χ2n) is 6.03. The molecule has 5 atom stereocenters. The van der Waals surface area contributed by atoms with E-state index >= 15 is 0 Å². The minimum atomic E-state index is 0.600. The van der Waals surface area contributed by atoms with Crippen LogP contribution in [-0.4, -0.2) is 6.54 Å². The largest absolute Gasteiger partial charge is 0.330 e. The van der Waals surface area contributed by atoms with Crippen LogP contribution in [-0.2, 0) is 0 Å². The molecule has 4 rings (SSSR count). The Hall–Kier alpha value is -0.0400. The summed E-state index contributed by atoms with van der Waals surface area (Å²) in [6.45, 7) is 3.44. The Balaban J connectivity index is 1.92. The van der Waals surface area contributed by atoms with Gasteiger partial charge in [-0.15, -0.1) is 0 Å². The first-order chi connectivity index (χ1) is 6.22. The summed E-state index contributed by atoms with van der Waals surface area (Å²) in [5, 5.41) is 0. The van der Waals surface area contributed by atoms with Gasteiger partial charge in [-0.2, -0.15) is 0 Å². The fourth-order valence-corrected chi connectivity index (χ4v) is 4.70. The Morgan fingerprint density at radius 1 is 1.15 bits per heavy atom. The first-order valence-electron chi connectivity index (χ1n) is 5.92. The highest BCUT2D eigenvalue weighted by Crippen LogP contribution is 2.61. The smallest absolute Gasteiger partial charge is 0.00202 e. The molecule has 0 aromatic carbocycles. The van der Waals surface area contributed by atoms with Crippen molar-refractivity contribution in [2.45, 2.75) is 39.0 Å². The molecule has 0 saturated heterocycles. The zero-order chi connectivity index (χ0) is 9.05. The monoisotopic (exact) mass is 179 g/mol. The number of hydrogen-bond acceptors (Lipinski definition) is 1. The van der Waals surface area contributed by atoms with Gasteiger partial charge >= 0.3 is 0 Å². The Labute approximate surface area is 81.1 Å². The van der Waals surface area contributed by atoms with Crippen molar-refractivity contribution in [2.24, 2.45) is 34.8 Å². The molecule has 4 fully saturated rings. The highest BCUT2D eigenvalue weighted by molar-refractivity contribution is 5.04. The molecule has 0 radical (unpaired) electrons. The average molecular weight is 179 g/mol. The molecule has 74 valence electrons. The summed E-state index contributed by atoms with van der Waals surface area (Å²) in [5.74, 6) is 4.14. The second kappa shape index (κ2) is 2.50. The first-order valence-corrected chi connectivity index (χ1v) is 5.92. The zero-order valence-electron chi connectivity index (χ0n) is 8.63. The summed E-state index contributed by atoms with van der Waals surface area (Å²) in [5.41, 5.74) is 6.57. The van der Waals surface area contributed by atoms with Gasteiger partial charge in [-0.3, -0.25) is 0 Å². The second-order valence-corrected chi connectivity index (χ2v) is 6.03. The Bertz CT molecular complexity index is 207. The maximum Gasteiger partial charge on any atom is -0.00202 e. The SMILES string of the molecule is CC1C2CC3C[C@H]1CC(CN)(C3)C2. The zero-order valence-corrected chi connectivity index (χ0v) is 8.63. The minimum Gasteiger partial charge on any atom is -0.330 e. The summed E-state index contributed by atoms with van der Waals surface area (Å²) in [6.07, 6.45) is 7.43. The molecule has 0 aromatic rings. The lowest BCUT2D eigenvalue weighted by Crippen LogP contribution is -2.52. The van der Waals surface area contributed by atoms with Crippen LogP contribution in [0.1, 0.15) is 39.0 Å². The molecule has 0 heterocycles. The molecule has 0 amide bonds. The van der Waals surface area contributed by atoms with Gasteiger partial charge in [0.15, 0.2) is 0 Å². The highest BCUT2D eigenvalue weighted by Gasteiger charge is 2.53. The number of hydrogen-bond donors (Lipinski definition) is 1. The minimum absolute atomic E-state index is 0.600. The summed E-state index contributed by atoms with van der Waals surface area (Å²) in [6, 6.07) is 0. The topological polar surface area (TPSA) is 26.0 Å². The fourth-order valence-electron chi connectivity index (χ4n) is 4.70. The molecule has 13 heavy (non-hydrogen) atoms. The molecule has 4 bridgehead atoms. The van der Waals surface area contributed by atoms with Crippen LogP contribution in [0.5, 0.6) is 0 Å². The molecule has 1 heteroatoms. The molecule has 4 saturated carbocycles. The molecule has 1 nitrogen and oxygen atoms in total. The van der Waals surface area contributed by atoms with E-state index in [2.05, 4.69) is 6.92 Å². The van der Waals surface area contributed by atoms with E-state index in [0.29, 0.717) is 5.41 Å². The van der Waals surface area contributed by atoms with E-state index in [1.54, 1.807) is 0 Å². The predicted octanol–water partition coefficient (Wildman–Crippen LogP) is 2.41. The van der Waals surface area contributed by atoms with Gasteiger partial charge in [0, 0.05) is 0 Å². The van der Waals surface area contributed by atoms with Crippen LogP contribution in [0.2, 0.25) is 0 Å². The predicted molar refractivity (Wildman–Crippen MR) is 54.2 cm³/mol. The molecule has 4 aliphatic carbocycles. The summed E-state index contributed by atoms with van der Waals surface area (Å²) in [4.78, 5) is 0. The molecule has 0 spiro atoms. The van der Waals surface area contributed by atoms with Crippen LogP contribution >= 0.6 is 0 Å². The van der Waals surface area contributed by atoms with Crippen molar-refractivity contribution in [3.05, 3.63) is 0 Å². The van der Waals surface area contributed by atoms with E-state index < -0.39 is 0 Å². The van der Waals surface area contributed by atoms with Crippen LogP contribution in [0.3, 0.4) is 0 Å². The standard InChI is InChI=1S/C12H21N/c1-8-10-2-9-3-11(8)6-12(4-9,5-10)7-13/h8-11H,2-7,13H2,1H3/t8?,9?,10-,11?,12?/m0/s1. The molecule has 2 N–H and O–H groups in total. The third kappa shape index (κ3) is 1.03. The van der Waals surface area contributed by atoms with E-state index in [0.717, 1.165) is 30.2 Å². The summed E-state index contributed by atoms with van der Waals surface area (Å²) in [7, 11) is 0. The van der Waals surface area contributed by atoms with Crippen molar-refractivity contribution >= 4 is 0 Å². The van der Waals surface area contributed by atoms with Gasteiger partial charge in [0.05, 0.1) is 0 Å². The normalized spacial score (nSPS) is 58.6. The summed E-state index contributed by atoms with van der Waals surface area (Å²) >= 11 is 0. The van der Waals surface area contributed by atoms with Crippen LogP contribution < -0.4 is 5.73 Å². The van der Waals surface area contributed by atoms with Gasteiger partial charge in [0.2, 0.25) is 0 Å². The van der Waals surface area contributed by atoms with Gasteiger partial charge in [-0.1, -0.05) is 6.92 Å². The molecular formula is C12H21N. The van der Waals surface area contributed by atoms with Crippen molar-refractivity contribution in [1.82, 2.24) is 0 Å². The molecular weight excluding hydrogens is 158 g/mol. The van der Waals surface area contributed by atoms with Crippen molar-refractivity contribution in [2.75, 3.05) is 6.54 Å². The van der Waals surface area contributed by atoms with E-state index in [-0.39, 0.29) is 0 Å². The molecule has 0 aliphatic heterocycles. The Morgan fingerprint density at radius 3 is 2.31 bits per heavy atom. The first kappa shape index (κ1) is 8.28. The van der Waals surface area contributed by atoms with Crippen molar-refractivity contribution in [1.29, 1.82) is 0 Å². The number of nitrogens with two attached hydrogens (primary N) is 1. The Kier molecular flexibility index (Phi) is 1.59. The molecule has 4 aliphatic rings. The van der Waals surface area contributed by atoms with E-state index in [1.807, 2.05) is 0 Å². The van der Waals surface area contributed by atoms with E-state index in [4.69, 9.17) is 5.73 Å². The van der Waals surface area contributed by atoms with Gasteiger partial charge in [-0.05, 0) is 67.7 Å². The van der Waals surface area contributed by atoms with Crippen LogP contribution in [0, 0.1) is 29.1 Å². The van der Waals surface area contributed by atoms with Crippen LogP contribution in [0.15, 0.2) is 0 Å². The van der Waals surface area contributed by atoms with E-state index in [9.17, 15) is 0 Å². The lowest BCUT2D eigenvalue weighted by molar-refractivity contribution is -0.0841. The third-order valence-corrected chi connectivity index (χ3v) is 5.30. The fraction of sp³-hybridized carbons (Fsp3) is 1.00. The molecule has 4 unspecified atom stereocenters. The van der Waals surface area contributed by atoms with Crippen LogP contribution in [0.25, 0.3) is 0 Å². The summed E-state index contributed by atoms with van der Waals surface area (Å²) < 4.78 is 0. The van der Waals surface area contributed by atoms with E-state index in [1.165, 1.54) is 32.1 Å². The highest BCUT2D eigenvalue weighted by atomic mass is 14.7. The van der Waals surface area contributed by atoms with Crippen molar-refractivity contribution < 1.29 is 0 Å². The Morgan fingerprint density at radius 2 is 1.77 bits per heavy atom. The van der Waals surface area contributed by atoms with Crippen molar-refractivity contribution in [3.63, 3.8) is 0 Å².